The maximum absolute atomic E-state index is 13.9. The van der Waals surface area contributed by atoms with Crippen molar-refractivity contribution in [1.82, 2.24) is 20.1 Å². The standard InChI is InChI=1S/C18H14F2N4O4/c19-11-3-4-15(12(20)6-11)24-16(25)7-14(23-24)18(28)22-13(8-17(26)27)10-2-1-5-21-9-10/h1-7,9,13,23H,8H2,(H,22,28)(H,26,27)/t13-/m0/s1. The van der Waals surface area contributed by atoms with Crippen molar-refractivity contribution in [2.24, 2.45) is 0 Å². The molecule has 0 saturated carbocycles. The van der Waals surface area contributed by atoms with Crippen LogP contribution in [0.4, 0.5) is 8.78 Å². The molecule has 2 heterocycles. The van der Waals surface area contributed by atoms with Crippen LogP contribution >= 0.6 is 0 Å². The number of amides is 1. The monoisotopic (exact) mass is 388 g/mol. The normalized spacial score (nSPS) is 11.8. The molecule has 1 aromatic carbocycles. The van der Waals surface area contributed by atoms with E-state index < -0.39 is 41.5 Å². The number of rotatable bonds is 6. The van der Waals surface area contributed by atoms with Crippen molar-refractivity contribution in [3.05, 3.63) is 82.0 Å². The molecule has 0 fully saturated rings. The van der Waals surface area contributed by atoms with Crippen LogP contribution in [-0.4, -0.2) is 31.7 Å². The molecule has 1 atom stereocenters. The number of carbonyl (C=O) groups is 2. The van der Waals surface area contributed by atoms with E-state index in [4.69, 9.17) is 5.11 Å². The second kappa shape index (κ2) is 7.82. The van der Waals surface area contributed by atoms with Gasteiger partial charge in [0.25, 0.3) is 11.5 Å². The molecule has 2 aromatic heterocycles. The summed E-state index contributed by atoms with van der Waals surface area (Å²) in [6.07, 6.45) is 2.50. The average molecular weight is 388 g/mol. The molecule has 10 heteroatoms. The van der Waals surface area contributed by atoms with Gasteiger partial charge in [0.15, 0.2) is 5.82 Å². The fourth-order valence-corrected chi connectivity index (χ4v) is 2.60. The molecular formula is C18H14F2N4O4. The molecule has 0 spiro atoms. The van der Waals surface area contributed by atoms with Crippen molar-refractivity contribution < 1.29 is 23.5 Å². The predicted octanol–water partition coefficient (Wildman–Crippen LogP) is 1.78. The van der Waals surface area contributed by atoms with Gasteiger partial charge in [-0.05, 0) is 23.8 Å². The molecule has 3 rings (SSSR count). The van der Waals surface area contributed by atoms with Gasteiger partial charge >= 0.3 is 5.97 Å². The van der Waals surface area contributed by atoms with E-state index in [9.17, 15) is 23.2 Å². The number of hydrogen-bond acceptors (Lipinski definition) is 4. The van der Waals surface area contributed by atoms with Crippen LogP contribution in [0, 0.1) is 11.6 Å². The minimum absolute atomic E-state index is 0.215. The number of hydrogen-bond donors (Lipinski definition) is 3. The summed E-state index contributed by atoms with van der Waals surface area (Å²) in [7, 11) is 0. The Hall–Kier alpha value is -3.82. The fraction of sp³-hybridized carbons (Fsp3) is 0.111. The molecule has 3 N–H and O–H groups in total. The number of pyridine rings is 1. The van der Waals surface area contributed by atoms with E-state index in [1.165, 1.54) is 12.4 Å². The van der Waals surface area contributed by atoms with Gasteiger partial charge in [0.05, 0.1) is 12.5 Å². The molecule has 0 radical (unpaired) electrons. The van der Waals surface area contributed by atoms with E-state index >= 15 is 0 Å². The van der Waals surface area contributed by atoms with Crippen molar-refractivity contribution in [2.45, 2.75) is 12.5 Å². The van der Waals surface area contributed by atoms with E-state index in [1.54, 1.807) is 12.1 Å². The number of nitrogens with one attached hydrogen (secondary N) is 2. The Kier molecular flexibility index (Phi) is 5.30. The van der Waals surface area contributed by atoms with Crippen molar-refractivity contribution in [1.29, 1.82) is 0 Å². The second-order valence-corrected chi connectivity index (χ2v) is 5.85. The first-order valence-electron chi connectivity index (χ1n) is 8.05. The summed E-state index contributed by atoms with van der Waals surface area (Å²) >= 11 is 0. The van der Waals surface area contributed by atoms with Crippen LogP contribution in [0.2, 0.25) is 0 Å². The lowest BCUT2D eigenvalue weighted by Crippen LogP contribution is -2.30. The Bertz CT molecular complexity index is 1080. The number of H-pyrrole nitrogens is 1. The highest BCUT2D eigenvalue weighted by Gasteiger charge is 2.21. The number of benzene rings is 1. The summed E-state index contributed by atoms with van der Waals surface area (Å²) < 4.78 is 27.7. The molecule has 0 saturated heterocycles. The highest BCUT2D eigenvalue weighted by atomic mass is 19.1. The Balaban J connectivity index is 1.88. The summed E-state index contributed by atoms with van der Waals surface area (Å²) in [6.45, 7) is 0. The molecule has 0 aliphatic carbocycles. The van der Waals surface area contributed by atoms with Crippen LogP contribution in [0.25, 0.3) is 5.69 Å². The lowest BCUT2D eigenvalue weighted by Gasteiger charge is -2.16. The molecule has 3 aromatic rings. The Morgan fingerprint density at radius 1 is 1.25 bits per heavy atom. The van der Waals surface area contributed by atoms with Crippen molar-refractivity contribution in [3.63, 3.8) is 0 Å². The lowest BCUT2D eigenvalue weighted by molar-refractivity contribution is -0.137. The summed E-state index contributed by atoms with van der Waals surface area (Å²) in [5.41, 5.74) is -0.760. The molecule has 1 amide bonds. The van der Waals surface area contributed by atoms with Crippen LogP contribution in [0.15, 0.2) is 53.6 Å². The number of aromatic nitrogens is 3. The molecule has 0 bridgehead atoms. The van der Waals surface area contributed by atoms with E-state index in [2.05, 4.69) is 15.4 Å². The summed E-state index contributed by atoms with van der Waals surface area (Å²) in [6, 6.07) is 5.85. The zero-order chi connectivity index (χ0) is 20.3. The van der Waals surface area contributed by atoms with Gasteiger partial charge in [0.2, 0.25) is 0 Å². The zero-order valence-electron chi connectivity index (χ0n) is 14.2. The van der Waals surface area contributed by atoms with E-state index in [0.717, 1.165) is 22.9 Å². The highest BCUT2D eigenvalue weighted by Crippen LogP contribution is 2.17. The summed E-state index contributed by atoms with van der Waals surface area (Å²) in [5.74, 6) is -3.72. The number of halogens is 2. The Labute approximate surface area is 156 Å². The molecule has 0 unspecified atom stereocenters. The largest absolute Gasteiger partial charge is 0.481 e. The third kappa shape index (κ3) is 4.11. The number of aromatic amines is 1. The van der Waals surface area contributed by atoms with Gasteiger partial charge in [-0.15, -0.1) is 0 Å². The SMILES string of the molecule is O=C(O)C[C@H](NC(=O)c1cc(=O)n(-c2ccc(F)cc2F)[nH]1)c1cccnc1. The zero-order valence-corrected chi connectivity index (χ0v) is 14.2. The maximum atomic E-state index is 13.9. The molecule has 28 heavy (non-hydrogen) atoms. The molecular weight excluding hydrogens is 374 g/mol. The Morgan fingerprint density at radius 3 is 2.68 bits per heavy atom. The highest BCUT2D eigenvalue weighted by molar-refractivity contribution is 5.92. The van der Waals surface area contributed by atoms with Gasteiger partial charge in [-0.25, -0.2) is 13.5 Å². The summed E-state index contributed by atoms with van der Waals surface area (Å²) in [4.78, 5) is 39.6. The van der Waals surface area contributed by atoms with E-state index in [0.29, 0.717) is 11.6 Å². The number of nitrogens with zero attached hydrogens (tertiary/aromatic N) is 2. The van der Waals surface area contributed by atoms with Crippen LogP contribution in [0.1, 0.15) is 28.5 Å². The quantitative estimate of drug-likeness (QED) is 0.595. The van der Waals surface area contributed by atoms with Gasteiger partial charge in [-0.2, -0.15) is 0 Å². The van der Waals surface area contributed by atoms with Gasteiger partial charge in [0.1, 0.15) is 17.2 Å². The number of aliphatic carboxylic acids is 1. The first-order valence-corrected chi connectivity index (χ1v) is 8.05. The summed E-state index contributed by atoms with van der Waals surface area (Å²) in [5, 5.41) is 14.0. The minimum Gasteiger partial charge on any atom is -0.481 e. The van der Waals surface area contributed by atoms with Crippen molar-refractivity contribution in [2.75, 3.05) is 0 Å². The van der Waals surface area contributed by atoms with Gasteiger partial charge in [0, 0.05) is 24.5 Å². The molecule has 0 aliphatic heterocycles. The van der Waals surface area contributed by atoms with Crippen LogP contribution in [0.3, 0.4) is 0 Å². The first kappa shape index (κ1) is 19.0. The fourth-order valence-electron chi connectivity index (χ4n) is 2.60. The minimum atomic E-state index is -1.14. The van der Waals surface area contributed by atoms with Crippen molar-refractivity contribution >= 4 is 11.9 Å². The molecule has 0 aliphatic rings. The average Bonchev–Trinajstić information content (AvgIpc) is 3.03. The van der Waals surface area contributed by atoms with Crippen LogP contribution < -0.4 is 10.9 Å². The smallest absolute Gasteiger partial charge is 0.305 e. The van der Waals surface area contributed by atoms with Gasteiger partial charge < -0.3 is 10.4 Å². The maximum Gasteiger partial charge on any atom is 0.305 e. The lowest BCUT2D eigenvalue weighted by atomic mass is 10.1. The second-order valence-electron chi connectivity index (χ2n) is 5.85. The van der Waals surface area contributed by atoms with E-state index in [1.807, 2.05) is 0 Å². The molecule has 8 nitrogen and oxygen atoms in total. The van der Waals surface area contributed by atoms with Crippen LogP contribution in [-0.2, 0) is 4.79 Å². The van der Waals surface area contributed by atoms with Crippen molar-refractivity contribution in [3.8, 4) is 5.69 Å². The third-order valence-corrected chi connectivity index (χ3v) is 3.89. The predicted molar refractivity (Wildman–Crippen MR) is 93.0 cm³/mol. The number of carboxylic acids is 1. The number of carboxylic acid groups (broad SMARTS) is 1. The van der Waals surface area contributed by atoms with E-state index in [-0.39, 0.29) is 11.4 Å². The van der Waals surface area contributed by atoms with Gasteiger partial charge in [-0.3, -0.25) is 24.5 Å². The Morgan fingerprint density at radius 2 is 2.04 bits per heavy atom. The van der Waals surface area contributed by atoms with Crippen LogP contribution in [0.5, 0.6) is 0 Å². The number of carbonyl (C=O) groups excluding carboxylic acids is 1. The first-order chi connectivity index (χ1) is 13.3. The third-order valence-electron chi connectivity index (χ3n) is 3.89. The van der Waals surface area contributed by atoms with Gasteiger partial charge in [-0.1, -0.05) is 6.07 Å². The molecule has 144 valence electrons. The topological polar surface area (TPSA) is 117 Å².